The molecular formula is C13H20N2O4. The third kappa shape index (κ3) is 6.76. The zero-order chi connectivity index (χ0) is 13.9. The molecule has 1 aromatic carbocycles. The van der Waals surface area contributed by atoms with Crippen molar-refractivity contribution >= 4 is 11.6 Å². The standard InChI is InChI=1S/C13H20N2O4/c1-17-8-9-18-10-13(16)15-11-2-4-12(5-3-11)19-7-6-14/h2-5H,6-10,14H2,1H3,(H,15,16). The van der Waals surface area contributed by atoms with Crippen molar-refractivity contribution in [1.82, 2.24) is 0 Å². The van der Waals surface area contributed by atoms with E-state index in [1.807, 2.05) is 0 Å². The monoisotopic (exact) mass is 268 g/mol. The predicted octanol–water partition coefficient (Wildman–Crippen LogP) is 0.626. The summed E-state index contributed by atoms with van der Waals surface area (Å²) < 4.78 is 15.2. The number of hydrogen-bond donors (Lipinski definition) is 2. The van der Waals surface area contributed by atoms with Gasteiger partial charge in [-0.25, -0.2) is 0 Å². The number of amides is 1. The maximum absolute atomic E-state index is 11.5. The zero-order valence-electron chi connectivity index (χ0n) is 11.1. The van der Waals surface area contributed by atoms with Crippen molar-refractivity contribution in [2.24, 2.45) is 5.73 Å². The molecule has 106 valence electrons. The van der Waals surface area contributed by atoms with Crippen molar-refractivity contribution in [3.63, 3.8) is 0 Å². The molecule has 0 unspecified atom stereocenters. The lowest BCUT2D eigenvalue weighted by atomic mass is 10.3. The molecule has 0 spiro atoms. The fourth-order valence-corrected chi connectivity index (χ4v) is 1.32. The Kier molecular flexibility index (Phi) is 7.57. The van der Waals surface area contributed by atoms with Gasteiger partial charge < -0.3 is 25.3 Å². The number of nitrogens with one attached hydrogen (secondary N) is 1. The number of ether oxygens (including phenoxy) is 3. The summed E-state index contributed by atoms with van der Waals surface area (Å²) in [6, 6.07) is 7.08. The van der Waals surface area contributed by atoms with Crippen molar-refractivity contribution in [1.29, 1.82) is 0 Å². The van der Waals surface area contributed by atoms with Gasteiger partial charge in [0.1, 0.15) is 19.0 Å². The molecule has 0 saturated carbocycles. The van der Waals surface area contributed by atoms with Crippen LogP contribution in [0.4, 0.5) is 5.69 Å². The minimum absolute atomic E-state index is 0.00872. The number of rotatable bonds is 9. The van der Waals surface area contributed by atoms with Crippen LogP contribution in [-0.2, 0) is 14.3 Å². The van der Waals surface area contributed by atoms with Gasteiger partial charge in [0.2, 0.25) is 5.91 Å². The van der Waals surface area contributed by atoms with Crippen LogP contribution in [0.1, 0.15) is 0 Å². The second-order valence-corrected chi connectivity index (χ2v) is 3.76. The van der Waals surface area contributed by atoms with Crippen LogP contribution in [0.5, 0.6) is 5.75 Å². The Morgan fingerprint density at radius 1 is 1.21 bits per heavy atom. The summed E-state index contributed by atoms with van der Waals surface area (Å²) in [6.07, 6.45) is 0. The van der Waals surface area contributed by atoms with Crippen LogP contribution in [0.3, 0.4) is 0 Å². The van der Waals surface area contributed by atoms with Crippen molar-refractivity contribution in [2.75, 3.05) is 45.4 Å². The predicted molar refractivity (Wildman–Crippen MR) is 72.3 cm³/mol. The van der Waals surface area contributed by atoms with E-state index in [9.17, 15) is 4.79 Å². The van der Waals surface area contributed by atoms with E-state index < -0.39 is 0 Å². The lowest BCUT2D eigenvalue weighted by molar-refractivity contribution is -0.121. The first-order valence-electron chi connectivity index (χ1n) is 6.05. The van der Waals surface area contributed by atoms with Gasteiger partial charge in [0.15, 0.2) is 0 Å². The van der Waals surface area contributed by atoms with Crippen LogP contribution in [0.25, 0.3) is 0 Å². The highest BCUT2D eigenvalue weighted by Gasteiger charge is 2.02. The van der Waals surface area contributed by atoms with E-state index in [4.69, 9.17) is 19.9 Å². The van der Waals surface area contributed by atoms with Gasteiger partial charge in [-0.05, 0) is 24.3 Å². The summed E-state index contributed by atoms with van der Waals surface area (Å²) in [5.74, 6) is 0.520. The second kappa shape index (κ2) is 9.32. The molecule has 0 atom stereocenters. The molecule has 1 amide bonds. The highest BCUT2D eigenvalue weighted by atomic mass is 16.5. The van der Waals surface area contributed by atoms with Crippen LogP contribution < -0.4 is 15.8 Å². The summed E-state index contributed by atoms with van der Waals surface area (Å²) in [5, 5.41) is 2.72. The Hall–Kier alpha value is -1.63. The van der Waals surface area contributed by atoms with E-state index in [1.54, 1.807) is 31.4 Å². The number of hydrogen-bond acceptors (Lipinski definition) is 5. The Morgan fingerprint density at radius 2 is 1.95 bits per heavy atom. The number of anilines is 1. The summed E-state index contributed by atoms with van der Waals surface area (Å²) in [5.41, 5.74) is 6.03. The van der Waals surface area contributed by atoms with Crippen LogP contribution >= 0.6 is 0 Å². The fraction of sp³-hybridized carbons (Fsp3) is 0.462. The fourth-order valence-electron chi connectivity index (χ4n) is 1.32. The first-order valence-corrected chi connectivity index (χ1v) is 6.05. The summed E-state index contributed by atoms with van der Waals surface area (Å²) >= 11 is 0. The molecule has 0 bridgehead atoms. The van der Waals surface area contributed by atoms with Crippen molar-refractivity contribution < 1.29 is 19.0 Å². The average Bonchev–Trinajstić information content (AvgIpc) is 2.43. The topological polar surface area (TPSA) is 82.8 Å². The average molecular weight is 268 g/mol. The molecule has 6 nitrogen and oxygen atoms in total. The largest absolute Gasteiger partial charge is 0.492 e. The Morgan fingerprint density at radius 3 is 2.58 bits per heavy atom. The van der Waals surface area contributed by atoms with Crippen LogP contribution in [0.15, 0.2) is 24.3 Å². The second-order valence-electron chi connectivity index (χ2n) is 3.76. The maximum Gasteiger partial charge on any atom is 0.250 e. The molecule has 0 aliphatic rings. The Bertz CT molecular complexity index is 367. The van der Waals surface area contributed by atoms with Crippen LogP contribution in [0.2, 0.25) is 0 Å². The normalized spacial score (nSPS) is 10.2. The molecule has 0 aromatic heterocycles. The van der Waals surface area contributed by atoms with Gasteiger partial charge >= 0.3 is 0 Å². The smallest absolute Gasteiger partial charge is 0.250 e. The van der Waals surface area contributed by atoms with Gasteiger partial charge in [0.05, 0.1) is 13.2 Å². The van der Waals surface area contributed by atoms with Crippen molar-refractivity contribution in [3.05, 3.63) is 24.3 Å². The van der Waals surface area contributed by atoms with Gasteiger partial charge in [-0.15, -0.1) is 0 Å². The van der Waals surface area contributed by atoms with E-state index in [2.05, 4.69) is 5.32 Å². The van der Waals surface area contributed by atoms with Crippen LogP contribution in [-0.4, -0.2) is 46.0 Å². The van der Waals surface area contributed by atoms with Crippen LogP contribution in [0, 0.1) is 0 Å². The van der Waals surface area contributed by atoms with Crippen molar-refractivity contribution in [3.8, 4) is 5.75 Å². The molecule has 19 heavy (non-hydrogen) atoms. The summed E-state index contributed by atoms with van der Waals surface area (Å²) in [7, 11) is 1.58. The van der Waals surface area contributed by atoms with E-state index in [1.165, 1.54) is 0 Å². The lowest BCUT2D eigenvalue weighted by Gasteiger charge is -2.08. The third-order valence-electron chi connectivity index (χ3n) is 2.19. The number of carbonyl (C=O) groups excluding carboxylic acids is 1. The number of nitrogens with two attached hydrogens (primary N) is 1. The molecule has 0 radical (unpaired) electrons. The van der Waals surface area contributed by atoms with Gasteiger partial charge in [-0.3, -0.25) is 4.79 Å². The quantitative estimate of drug-likeness (QED) is 0.642. The lowest BCUT2D eigenvalue weighted by Crippen LogP contribution is -2.19. The van der Waals surface area contributed by atoms with E-state index in [0.717, 1.165) is 5.75 Å². The summed E-state index contributed by atoms with van der Waals surface area (Å²) in [6.45, 7) is 1.82. The zero-order valence-corrected chi connectivity index (χ0v) is 11.1. The molecule has 0 aliphatic heterocycles. The number of benzene rings is 1. The van der Waals surface area contributed by atoms with Crippen molar-refractivity contribution in [2.45, 2.75) is 0 Å². The van der Waals surface area contributed by atoms with E-state index in [-0.39, 0.29) is 12.5 Å². The molecule has 0 saturated heterocycles. The molecule has 3 N–H and O–H groups in total. The highest BCUT2D eigenvalue weighted by Crippen LogP contribution is 2.15. The molecule has 1 aromatic rings. The number of methoxy groups -OCH3 is 1. The van der Waals surface area contributed by atoms with Gasteiger partial charge in [-0.2, -0.15) is 0 Å². The van der Waals surface area contributed by atoms with E-state index >= 15 is 0 Å². The highest BCUT2D eigenvalue weighted by molar-refractivity contribution is 5.91. The third-order valence-corrected chi connectivity index (χ3v) is 2.19. The van der Waals surface area contributed by atoms with Gasteiger partial charge in [0, 0.05) is 19.3 Å². The minimum atomic E-state index is -0.202. The maximum atomic E-state index is 11.5. The SMILES string of the molecule is COCCOCC(=O)Nc1ccc(OCCN)cc1. The van der Waals surface area contributed by atoms with Gasteiger partial charge in [0.25, 0.3) is 0 Å². The molecular weight excluding hydrogens is 248 g/mol. The van der Waals surface area contributed by atoms with E-state index in [0.29, 0.717) is 32.1 Å². The number of carbonyl (C=O) groups is 1. The Balaban J connectivity index is 2.29. The Labute approximate surface area is 112 Å². The summed E-state index contributed by atoms with van der Waals surface area (Å²) in [4.78, 5) is 11.5. The molecule has 0 aliphatic carbocycles. The van der Waals surface area contributed by atoms with Gasteiger partial charge in [-0.1, -0.05) is 0 Å². The minimum Gasteiger partial charge on any atom is -0.492 e. The molecule has 1 rings (SSSR count). The molecule has 6 heteroatoms. The molecule has 0 heterocycles. The first kappa shape index (κ1) is 15.4. The molecule has 0 fully saturated rings. The first-order chi connectivity index (χ1) is 9.26.